The fourth-order valence-electron chi connectivity index (χ4n) is 1.33. The number of halogens is 1. The van der Waals surface area contributed by atoms with Crippen molar-refractivity contribution < 1.29 is 5.11 Å². The zero-order chi connectivity index (χ0) is 10.0. The van der Waals surface area contributed by atoms with E-state index < -0.39 is 0 Å². The summed E-state index contributed by atoms with van der Waals surface area (Å²) in [5.41, 5.74) is 2.89. The van der Waals surface area contributed by atoms with Gasteiger partial charge in [0.15, 0.2) is 0 Å². The van der Waals surface area contributed by atoms with Gasteiger partial charge in [-0.15, -0.1) is 0 Å². The Bertz CT molecular complexity index is 379. The monoisotopic (exact) mass is 239 g/mol. The molecule has 0 saturated carbocycles. The van der Waals surface area contributed by atoms with Crippen molar-refractivity contribution in [2.75, 3.05) is 0 Å². The predicted molar refractivity (Wildman–Crippen MR) is 54.6 cm³/mol. The number of aromatic hydroxyl groups is 1. The highest BCUT2D eigenvalue weighted by Gasteiger charge is 2.09. The minimum Gasteiger partial charge on any atom is -0.507 e. The van der Waals surface area contributed by atoms with Crippen LogP contribution < -0.4 is 0 Å². The lowest BCUT2D eigenvalue weighted by atomic mass is 10.0. The van der Waals surface area contributed by atoms with Crippen LogP contribution in [0.15, 0.2) is 10.5 Å². The lowest BCUT2D eigenvalue weighted by Crippen LogP contribution is -1.93. The summed E-state index contributed by atoms with van der Waals surface area (Å²) in [6, 6.07) is 3.78. The Hall–Kier alpha value is -1.01. The first-order valence-electron chi connectivity index (χ1n) is 3.92. The molecule has 0 spiro atoms. The molecule has 0 amide bonds. The van der Waals surface area contributed by atoms with Crippen LogP contribution in [-0.2, 0) is 6.42 Å². The molecule has 1 aromatic carbocycles. The minimum atomic E-state index is 0.233. The van der Waals surface area contributed by atoms with Gasteiger partial charge in [-0.3, -0.25) is 0 Å². The van der Waals surface area contributed by atoms with Gasteiger partial charge in [0.1, 0.15) is 5.75 Å². The molecule has 0 radical (unpaired) electrons. The van der Waals surface area contributed by atoms with E-state index in [4.69, 9.17) is 5.26 Å². The van der Waals surface area contributed by atoms with Crippen LogP contribution in [0.1, 0.15) is 16.7 Å². The Morgan fingerprint density at radius 2 is 2.15 bits per heavy atom. The summed E-state index contributed by atoms with van der Waals surface area (Å²) in [6.07, 6.45) is 0.385. The SMILES string of the molecule is Cc1cc(O)c(Br)c(C)c1CC#N. The maximum absolute atomic E-state index is 9.44. The number of nitriles is 1. The Morgan fingerprint density at radius 3 is 2.69 bits per heavy atom. The number of hydrogen-bond donors (Lipinski definition) is 1. The number of phenolic OH excluding ortho intramolecular Hbond substituents is 1. The van der Waals surface area contributed by atoms with E-state index in [1.165, 1.54) is 0 Å². The summed E-state index contributed by atoms with van der Waals surface area (Å²) >= 11 is 3.27. The van der Waals surface area contributed by atoms with Crippen molar-refractivity contribution in [1.82, 2.24) is 0 Å². The molecule has 0 aliphatic rings. The first-order valence-corrected chi connectivity index (χ1v) is 4.71. The largest absolute Gasteiger partial charge is 0.507 e. The maximum Gasteiger partial charge on any atom is 0.130 e. The zero-order valence-corrected chi connectivity index (χ0v) is 9.14. The predicted octanol–water partition coefficient (Wildman–Crippen LogP) is 2.84. The number of aryl methyl sites for hydroxylation is 1. The zero-order valence-electron chi connectivity index (χ0n) is 7.56. The van der Waals surface area contributed by atoms with Gasteiger partial charge in [-0.2, -0.15) is 5.26 Å². The third kappa shape index (κ3) is 1.84. The molecule has 0 aromatic heterocycles. The molecule has 1 N–H and O–H groups in total. The molecular formula is C10H10BrNO. The van der Waals surface area contributed by atoms with E-state index in [0.29, 0.717) is 10.9 Å². The summed E-state index contributed by atoms with van der Waals surface area (Å²) in [5.74, 6) is 0.233. The third-order valence-electron chi connectivity index (χ3n) is 2.09. The average molecular weight is 240 g/mol. The standard InChI is InChI=1S/C10H10BrNO/c1-6-5-9(13)10(11)7(2)8(6)3-4-12/h5,13H,3H2,1-2H3. The van der Waals surface area contributed by atoms with Crippen molar-refractivity contribution in [2.45, 2.75) is 20.3 Å². The molecule has 3 heteroatoms. The molecule has 0 aliphatic carbocycles. The van der Waals surface area contributed by atoms with E-state index in [2.05, 4.69) is 22.0 Å². The quantitative estimate of drug-likeness (QED) is 0.820. The van der Waals surface area contributed by atoms with Crippen molar-refractivity contribution in [1.29, 1.82) is 5.26 Å². The van der Waals surface area contributed by atoms with Gasteiger partial charge in [-0.25, -0.2) is 0 Å². The Morgan fingerprint density at radius 1 is 1.54 bits per heavy atom. The van der Waals surface area contributed by atoms with Crippen LogP contribution in [0.5, 0.6) is 5.75 Å². The van der Waals surface area contributed by atoms with Crippen LogP contribution in [0.25, 0.3) is 0 Å². The second-order valence-corrected chi connectivity index (χ2v) is 3.76. The van der Waals surface area contributed by atoms with E-state index in [-0.39, 0.29) is 5.75 Å². The van der Waals surface area contributed by atoms with Crippen molar-refractivity contribution in [3.8, 4) is 11.8 Å². The van der Waals surface area contributed by atoms with E-state index >= 15 is 0 Å². The summed E-state index contributed by atoms with van der Waals surface area (Å²) in [5, 5.41) is 18.0. The highest BCUT2D eigenvalue weighted by atomic mass is 79.9. The Kier molecular flexibility index (Phi) is 2.94. The lowest BCUT2D eigenvalue weighted by molar-refractivity contribution is 0.470. The molecule has 0 atom stereocenters. The second-order valence-electron chi connectivity index (χ2n) is 2.97. The molecule has 0 heterocycles. The van der Waals surface area contributed by atoms with Gasteiger partial charge < -0.3 is 5.11 Å². The fraction of sp³-hybridized carbons (Fsp3) is 0.300. The Balaban J connectivity index is 3.36. The molecule has 0 bridgehead atoms. The lowest BCUT2D eigenvalue weighted by Gasteiger charge is -2.09. The van der Waals surface area contributed by atoms with Crippen LogP contribution in [-0.4, -0.2) is 5.11 Å². The number of rotatable bonds is 1. The topological polar surface area (TPSA) is 44.0 Å². The van der Waals surface area contributed by atoms with Gasteiger partial charge in [0.25, 0.3) is 0 Å². The molecule has 0 unspecified atom stereocenters. The van der Waals surface area contributed by atoms with Crippen LogP contribution in [0.2, 0.25) is 0 Å². The number of phenols is 1. The normalized spacial score (nSPS) is 9.69. The molecule has 1 aromatic rings. The van der Waals surface area contributed by atoms with Crippen molar-refractivity contribution >= 4 is 15.9 Å². The van der Waals surface area contributed by atoms with Gasteiger partial charge in [-0.05, 0) is 52.5 Å². The molecule has 0 fully saturated rings. The van der Waals surface area contributed by atoms with E-state index in [1.54, 1.807) is 6.07 Å². The van der Waals surface area contributed by atoms with Gasteiger partial charge >= 0.3 is 0 Å². The number of nitrogens with zero attached hydrogens (tertiary/aromatic N) is 1. The molecule has 0 saturated heterocycles. The smallest absolute Gasteiger partial charge is 0.130 e. The van der Waals surface area contributed by atoms with Crippen molar-refractivity contribution in [3.63, 3.8) is 0 Å². The highest BCUT2D eigenvalue weighted by molar-refractivity contribution is 9.10. The van der Waals surface area contributed by atoms with Crippen LogP contribution in [0.3, 0.4) is 0 Å². The van der Waals surface area contributed by atoms with E-state index in [1.807, 2.05) is 13.8 Å². The van der Waals surface area contributed by atoms with Gasteiger partial charge in [0.2, 0.25) is 0 Å². The molecule has 13 heavy (non-hydrogen) atoms. The average Bonchev–Trinajstić information content (AvgIpc) is 2.09. The van der Waals surface area contributed by atoms with Gasteiger partial charge in [0, 0.05) is 0 Å². The van der Waals surface area contributed by atoms with Gasteiger partial charge in [0.05, 0.1) is 17.0 Å². The molecular weight excluding hydrogens is 230 g/mol. The second kappa shape index (κ2) is 3.80. The molecule has 2 nitrogen and oxygen atoms in total. The summed E-state index contributed by atoms with van der Waals surface area (Å²) in [7, 11) is 0. The Labute approximate surface area is 85.9 Å². The maximum atomic E-state index is 9.44. The minimum absolute atomic E-state index is 0.233. The van der Waals surface area contributed by atoms with Gasteiger partial charge in [-0.1, -0.05) is 0 Å². The van der Waals surface area contributed by atoms with E-state index in [0.717, 1.165) is 16.7 Å². The van der Waals surface area contributed by atoms with Crippen LogP contribution in [0, 0.1) is 25.2 Å². The fourth-order valence-corrected chi connectivity index (χ4v) is 1.68. The highest BCUT2D eigenvalue weighted by Crippen LogP contribution is 2.32. The molecule has 0 aliphatic heterocycles. The van der Waals surface area contributed by atoms with E-state index in [9.17, 15) is 5.11 Å². The number of benzene rings is 1. The van der Waals surface area contributed by atoms with Crippen molar-refractivity contribution in [2.24, 2.45) is 0 Å². The summed E-state index contributed by atoms with van der Waals surface area (Å²) in [4.78, 5) is 0. The molecule has 1 rings (SSSR count). The van der Waals surface area contributed by atoms with Crippen LogP contribution in [0.4, 0.5) is 0 Å². The third-order valence-corrected chi connectivity index (χ3v) is 3.09. The number of hydrogen-bond acceptors (Lipinski definition) is 2. The summed E-state index contributed by atoms with van der Waals surface area (Å²) < 4.78 is 0.684. The summed E-state index contributed by atoms with van der Waals surface area (Å²) in [6.45, 7) is 3.79. The molecule has 68 valence electrons. The van der Waals surface area contributed by atoms with Crippen LogP contribution >= 0.6 is 15.9 Å². The first kappa shape index (κ1) is 10.1. The van der Waals surface area contributed by atoms with Crippen molar-refractivity contribution in [3.05, 3.63) is 27.2 Å². The first-order chi connectivity index (χ1) is 6.07.